The van der Waals surface area contributed by atoms with E-state index in [0.29, 0.717) is 19.4 Å². The van der Waals surface area contributed by atoms with E-state index in [9.17, 15) is 19.8 Å². The van der Waals surface area contributed by atoms with Gasteiger partial charge in [-0.1, -0.05) is 319 Å². The molecule has 6 nitrogen and oxygen atoms in total. The van der Waals surface area contributed by atoms with Crippen molar-refractivity contribution in [3.8, 4) is 0 Å². The van der Waals surface area contributed by atoms with Crippen LogP contribution in [0.5, 0.6) is 0 Å². The lowest BCUT2D eigenvalue weighted by molar-refractivity contribution is -0.143. The zero-order valence-electron chi connectivity index (χ0n) is 52.9. The number of carbonyl (C=O) groups excluding carboxylic acids is 2. The van der Waals surface area contributed by atoms with E-state index in [-0.39, 0.29) is 18.5 Å². The number of esters is 1. The van der Waals surface area contributed by atoms with Crippen LogP contribution in [0.25, 0.3) is 0 Å². The molecule has 1 amide bonds. The summed E-state index contributed by atoms with van der Waals surface area (Å²) in [6, 6.07) is -0.638. The molecule has 0 aliphatic rings. The molecule has 462 valence electrons. The lowest BCUT2D eigenvalue weighted by Crippen LogP contribution is -2.45. The third kappa shape index (κ3) is 64.6. The fourth-order valence-electron chi connectivity index (χ4n) is 10.6. The number of hydrogen-bond acceptors (Lipinski definition) is 5. The van der Waals surface area contributed by atoms with Crippen LogP contribution in [0, 0.1) is 0 Å². The average Bonchev–Trinajstić information content (AvgIpc) is 3.45. The molecule has 79 heavy (non-hydrogen) atoms. The molecule has 0 bridgehead atoms. The quantitative estimate of drug-likeness (QED) is 0.0320. The van der Waals surface area contributed by atoms with Crippen molar-refractivity contribution in [1.82, 2.24) is 5.32 Å². The molecule has 3 N–H and O–H groups in total. The maximum absolute atomic E-state index is 12.5. The molecule has 2 unspecified atom stereocenters. The Labute approximate surface area is 492 Å². The number of rotatable bonds is 65. The van der Waals surface area contributed by atoms with Crippen LogP contribution in [0.4, 0.5) is 0 Å². The second-order valence-corrected chi connectivity index (χ2v) is 23.9. The maximum atomic E-state index is 12.5. The number of unbranched alkanes of at least 4 members (excludes halogenated alkanes) is 46. The molecule has 0 aromatic heterocycles. The Balaban J connectivity index is 3.48. The highest BCUT2D eigenvalue weighted by molar-refractivity contribution is 5.76. The van der Waals surface area contributed by atoms with Gasteiger partial charge in [0, 0.05) is 12.8 Å². The van der Waals surface area contributed by atoms with Crippen LogP contribution in [-0.2, 0) is 14.3 Å². The van der Waals surface area contributed by atoms with Crippen LogP contribution in [0.3, 0.4) is 0 Å². The summed E-state index contributed by atoms with van der Waals surface area (Å²) in [7, 11) is 0. The molecule has 2 atom stereocenters. The zero-order chi connectivity index (χ0) is 57.1. The molecule has 0 radical (unpaired) electrons. The third-order valence-electron chi connectivity index (χ3n) is 16.0. The van der Waals surface area contributed by atoms with Gasteiger partial charge in [-0.05, 0) is 96.3 Å². The minimum absolute atomic E-state index is 0.00700. The molecule has 0 aromatic rings. The fourth-order valence-corrected chi connectivity index (χ4v) is 10.6. The number of hydrogen-bond donors (Lipinski definition) is 3. The van der Waals surface area contributed by atoms with Crippen molar-refractivity contribution < 1.29 is 24.5 Å². The summed E-state index contributed by atoms with van der Waals surface area (Å²) < 4.78 is 5.48. The fraction of sp³-hybridized carbons (Fsp3) is 0.836. The third-order valence-corrected chi connectivity index (χ3v) is 16.0. The van der Waals surface area contributed by atoms with Gasteiger partial charge in [0.25, 0.3) is 0 Å². The molecule has 0 aromatic carbocycles. The van der Waals surface area contributed by atoms with Gasteiger partial charge in [0.15, 0.2) is 0 Å². The van der Waals surface area contributed by atoms with Crippen molar-refractivity contribution in [2.45, 2.75) is 379 Å². The van der Waals surface area contributed by atoms with E-state index < -0.39 is 12.1 Å². The zero-order valence-corrected chi connectivity index (χ0v) is 52.9. The van der Waals surface area contributed by atoms with E-state index in [2.05, 4.69) is 67.8 Å². The standard InChI is InChI=1S/C73H135NO5/c1-3-5-7-9-11-13-15-17-19-21-22-23-25-28-31-34-37-41-45-49-53-57-61-65-71(76)70(69-75)74-72(77)66-62-58-54-50-46-42-38-35-32-29-26-24-27-30-33-36-40-44-48-52-56-60-64-68-79-73(78)67-63-59-55-51-47-43-39-20-18-16-14-12-10-8-6-4-2/h14,16,20,24,27,29,32,39,61,65,70-71,75-76H,3-13,15,17-19,21-23,25-26,28,30-31,33-38,40-60,62-64,66-69H2,1-2H3,(H,74,77)/b16-14-,27-24-,32-29-,39-20-,65-61+. The van der Waals surface area contributed by atoms with Gasteiger partial charge in [-0.2, -0.15) is 0 Å². The second kappa shape index (κ2) is 68.1. The highest BCUT2D eigenvalue weighted by Gasteiger charge is 2.18. The van der Waals surface area contributed by atoms with Crippen molar-refractivity contribution in [2.24, 2.45) is 0 Å². The van der Waals surface area contributed by atoms with Crippen LogP contribution in [0.2, 0.25) is 0 Å². The first-order valence-electron chi connectivity index (χ1n) is 35.1. The van der Waals surface area contributed by atoms with Crippen LogP contribution in [-0.4, -0.2) is 47.4 Å². The summed E-state index contributed by atoms with van der Waals surface area (Å²) in [5.74, 6) is -0.0830. The first-order valence-corrected chi connectivity index (χ1v) is 35.1. The Kier molecular flexibility index (Phi) is 66.0. The Morgan fingerprint density at radius 3 is 0.975 bits per heavy atom. The molecule has 0 saturated heterocycles. The van der Waals surface area contributed by atoms with Crippen molar-refractivity contribution in [3.05, 3.63) is 60.8 Å². The Hall–Kier alpha value is -2.44. The van der Waals surface area contributed by atoms with E-state index in [1.807, 2.05) is 6.08 Å². The second-order valence-electron chi connectivity index (χ2n) is 23.9. The van der Waals surface area contributed by atoms with E-state index in [0.717, 1.165) is 70.6 Å². The van der Waals surface area contributed by atoms with E-state index in [1.165, 1.54) is 270 Å². The largest absolute Gasteiger partial charge is 0.466 e. The van der Waals surface area contributed by atoms with Gasteiger partial charge in [0.05, 0.1) is 25.4 Å². The lowest BCUT2D eigenvalue weighted by atomic mass is 10.0. The highest BCUT2D eigenvalue weighted by atomic mass is 16.5. The highest BCUT2D eigenvalue weighted by Crippen LogP contribution is 2.18. The summed E-state index contributed by atoms with van der Waals surface area (Å²) in [6.45, 7) is 4.89. The predicted molar refractivity (Wildman–Crippen MR) is 347 cm³/mol. The summed E-state index contributed by atoms with van der Waals surface area (Å²) in [5, 5.41) is 23.2. The van der Waals surface area contributed by atoms with Gasteiger partial charge in [-0.3, -0.25) is 9.59 Å². The van der Waals surface area contributed by atoms with Crippen molar-refractivity contribution in [2.75, 3.05) is 13.2 Å². The molecule has 6 heteroatoms. The molecular formula is C73H135NO5. The van der Waals surface area contributed by atoms with Crippen molar-refractivity contribution in [3.63, 3.8) is 0 Å². The summed E-state index contributed by atoms with van der Waals surface area (Å²) >= 11 is 0. The van der Waals surface area contributed by atoms with Gasteiger partial charge in [0.1, 0.15) is 0 Å². The van der Waals surface area contributed by atoms with Gasteiger partial charge >= 0.3 is 5.97 Å². The van der Waals surface area contributed by atoms with Crippen molar-refractivity contribution in [1.29, 1.82) is 0 Å². The molecular weight excluding hydrogens is 971 g/mol. The number of aliphatic hydroxyl groups excluding tert-OH is 2. The molecule has 0 aliphatic carbocycles. The molecule has 0 heterocycles. The number of carbonyl (C=O) groups is 2. The van der Waals surface area contributed by atoms with Gasteiger partial charge in [-0.15, -0.1) is 0 Å². The Morgan fingerprint density at radius 1 is 0.354 bits per heavy atom. The first-order chi connectivity index (χ1) is 39.0. The minimum atomic E-state index is -0.854. The van der Waals surface area contributed by atoms with Gasteiger partial charge < -0.3 is 20.3 Å². The maximum Gasteiger partial charge on any atom is 0.305 e. The number of allylic oxidation sites excluding steroid dienone is 9. The molecule has 0 aliphatic heterocycles. The number of amides is 1. The predicted octanol–water partition coefficient (Wildman–Crippen LogP) is 22.6. The normalized spacial score (nSPS) is 12.9. The monoisotopic (exact) mass is 1110 g/mol. The van der Waals surface area contributed by atoms with Gasteiger partial charge in [0.2, 0.25) is 5.91 Å². The topological polar surface area (TPSA) is 95.9 Å². The van der Waals surface area contributed by atoms with Crippen LogP contribution < -0.4 is 5.32 Å². The average molecular weight is 1110 g/mol. The van der Waals surface area contributed by atoms with E-state index >= 15 is 0 Å². The van der Waals surface area contributed by atoms with Crippen LogP contribution >= 0.6 is 0 Å². The Bertz CT molecular complexity index is 1370. The smallest absolute Gasteiger partial charge is 0.305 e. The number of nitrogens with one attached hydrogen (secondary N) is 1. The van der Waals surface area contributed by atoms with E-state index in [1.54, 1.807) is 6.08 Å². The van der Waals surface area contributed by atoms with Crippen molar-refractivity contribution >= 4 is 11.9 Å². The molecule has 0 rings (SSSR count). The first kappa shape index (κ1) is 76.6. The SMILES string of the molecule is CCCCCC/C=C\C/C=C\CCCCCCCC(=O)OCCCCCCCCCCC/C=C\C/C=C\CCCCCCCCCC(=O)NC(CO)C(O)/C=C/CCCCCCCCCCCCCCCCCCCCCCC. The summed E-state index contributed by atoms with van der Waals surface area (Å²) in [4.78, 5) is 24.6. The van der Waals surface area contributed by atoms with Gasteiger partial charge in [-0.25, -0.2) is 0 Å². The molecule has 0 fully saturated rings. The molecule has 0 saturated carbocycles. The summed E-state index contributed by atoms with van der Waals surface area (Å²) in [6.07, 6.45) is 90.0. The minimum Gasteiger partial charge on any atom is -0.466 e. The van der Waals surface area contributed by atoms with Crippen LogP contribution in [0.1, 0.15) is 367 Å². The summed E-state index contributed by atoms with van der Waals surface area (Å²) in [5.41, 5.74) is 0. The molecule has 0 spiro atoms. The Morgan fingerprint density at radius 2 is 0.633 bits per heavy atom. The number of ether oxygens (including phenoxy) is 1. The lowest BCUT2D eigenvalue weighted by Gasteiger charge is -2.20. The van der Waals surface area contributed by atoms with E-state index in [4.69, 9.17) is 4.74 Å². The number of aliphatic hydroxyl groups is 2. The van der Waals surface area contributed by atoms with Crippen LogP contribution in [0.15, 0.2) is 60.8 Å².